The van der Waals surface area contributed by atoms with Gasteiger partial charge < -0.3 is 10.9 Å². The second-order valence-electron chi connectivity index (χ2n) is 3.95. The van der Waals surface area contributed by atoms with E-state index in [-0.39, 0.29) is 5.84 Å². The highest BCUT2D eigenvalue weighted by Gasteiger charge is 2.11. The Morgan fingerprint density at radius 3 is 2.56 bits per heavy atom. The molecule has 0 unspecified atom stereocenters. The third-order valence-corrected chi connectivity index (χ3v) is 2.99. The molecule has 0 amide bonds. The molecule has 1 rings (SSSR count). The summed E-state index contributed by atoms with van der Waals surface area (Å²) in [5.74, 6) is 0.161. The number of hydrogen-bond donors (Lipinski definition) is 2. The number of rotatable bonds is 3. The minimum Gasteiger partial charge on any atom is -0.409 e. The van der Waals surface area contributed by atoms with Crippen molar-refractivity contribution < 1.29 is 5.21 Å². The monoisotopic (exact) mass is 218 g/mol. The Morgan fingerprint density at radius 2 is 2.06 bits per heavy atom. The van der Waals surface area contributed by atoms with Crippen molar-refractivity contribution in [3.05, 3.63) is 46.5 Å². The number of nitrogens with zero attached hydrogens (tertiary/aromatic N) is 1. The van der Waals surface area contributed by atoms with Gasteiger partial charge in [0.15, 0.2) is 5.84 Å². The first-order chi connectivity index (χ1) is 7.52. The van der Waals surface area contributed by atoms with E-state index < -0.39 is 0 Å². The molecule has 0 saturated heterocycles. The fraction of sp³-hybridized carbons (Fsp3) is 0.308. The summed E-state index contributed by atoms with van der Waals surface area (Å²) in [6.07, 6.45) is 2.73. The van der Waals surface area contributed by atoms with Gasteiger partial charge in [0.2, 0.25) is 0 Å². The first kappa shape index (κ1) is 12.3. The van der Waals surface area contributed by atoms with Crippen LogP contribution in [0.2, 0.25) is 0 Å². The molecule has 3 nitrogen and oxygen atoms in total. The zero-order chi connectivity index (χ0) is 12.3. The minimum absolute atomic E-state index is 0.161. The lowest BCUT2D eigenvalue weighted by Gasteiger charge is -2.15. The Morgan fingerprint density at radius 1 is 1.44 bits per heavy atom. The molecule has 3 heteroatoms. The number of hydrogen-bond acceptors (Lipinski definition) is 2. The van der Waals surface area contributed by atoms with Crippen molar-refractivity contribution >= 4 is 5.84 Å². The maximum absolute atomic E-state index is 8.71. The van der Waals surface area contributed by atoms with Crippen LogP contribution in [-0.2, 0) is 6.42 Å². The van der Waals surface area contributed by atoms with Crippen LogP contribution < -0.4 is 5.73 Å². The summed E-state index contributed by atoms with van der Waals surface area (Å²) >= 11 is 0. The average Bonchev–Trinajstić information content (AvgIpc) is 2.28. The van der Waals surface area contributed by atoms with Crippen LogP contribution in [-0.4, -0.2) is 11.0 Å². The number of amidine groups is 1. The average molecular weight is 218 g/mol. The van der Waals surface area contributed by atoms with Crippen molar-refractivity contribution in [1.82, 2.24) is 0 Å². The van der Waals surface area contributed by atoms with E-state index in [0.717, 1.165) is 23.1 Å². The van der Waals surface area contributed by atoms with Gasteiger partial charge in [-0.05, 0) is 55.5 Å². The van der Waals surface area contributed by atoms with Gasteiger partial charge in [-0.1, -0.05) is 11.2 Å². The highest BCUT2D eigenvalue weighted by molar-refractivity contribution is 5.99. The largest absolute Gasteiger partial charge is 0.409 e. The van der Waals surface area contributed by atoms with Crippen molar-refractivity contribution in [3.63, 3.8) is 0 Å². The maximum Gasteiger partial charge on any atom is 0.170 e. The predicted octanol–water partition coefficient (Wildman–Crippen LogP) is 2.43. The third-order valence-electron chi connectivity index (χ3n) is 2.99. The molecule has 1 aromatic rings. The van der Waals surface area contributed by atoms with Gasteiger partial charge >= 0.3 is 0 Å². The van der Waals surface area contributed by atoms with Crippen molar-refractivity contribution in [2.24, 2.45) is 10.9 Å². The first-order valence-corrected chi connectivity index (χ1v) is 5.21. The van der Waals surface area contributed by atoms with E-state index in [0.29, 0.717) is 0 Å². The maximum atomic E-state index is 8.71. The summed E-state index contributed by atoms with van der Waals surface area (Å²) in [5.41, 5.74) is 11.1. The zero-order valence-electron chi connectivity index (χ0n) is 10.0. The Bertz CT molecular complexity index is 448. The molecule has 3 N–H and O–H groups in total. The fourth-order valence-corrected chi connectivity index (χ4v) is 1.91. The summed E-state index contributed by atoms with van der Waals surface area (Å²) in [6, 6.07) is 1.95. The molecule has 0 radical (unpaired) electrons. The van der Waals surface area contributed by atoms with Gasteiger partial charge in [0.05, 0.1) is 0 Å². The van der Waals surface area contributed by atoms with Crippen LogP contribution in [0.4, 0.5) is 0 Å². The molecule has 0 aromatic heterocycles. The van der Waals surface area contributed by atoms with E-state index in [1.54, 1.807) is 0 Å². The second-order valence-corrected chi connectivity index (χ2v) is 3.95. The number of aryl methyl sites for hydroxylation is 1. The Labute approximate surface area is 96.3 Å². The predicted molar refractivity (Wildman–Crippen MR) is 67.1 cm³/mol. The molecule has 86 valence electrons. The minimum atomic E-state index is 0.161. The molecule has 0 spiro atoms. The van der Waals surface area contributed by atoms with Crippen LogP contribution in [0.1, 0.15) is 27.8 Å². The number of benzene rings is 1. The lowest BCUT2D eigenvalue weighted by molar-refractivity contribution is 0.318. The molecule has 0 saturated carbocycles. The molecule has 0 aliphatic heterocycles. The Hall–Kier alpha value is -1.77. The van der Waals surface area contributed by atoms with Gasteiger partial charge in [0.25, 0.3) is 0 Å². The molecular formula is C13H18N2O. The van der Waals surface area contributed by atoms with Gasteiger partial charge in [-0.25, -0.2) is 0 Å². The molecule has 0 aliphatic rings. The number of nitrogens with two attached hydrogens (primary N) is 1. The number of oxime groups is 1. The van der Waals surface area contributed by atoms with E-state index >= 15 is 0 Å². The summed E-state index contributed by atoms with van der Waals surface area (Å²) in [5, 5.41) is 11.8. The Kier molecular flexibility index (Phi) is 3.72. The van der Waals surface area contributed by atoms with E-state index in [9.17, 15) is 0 Å². The summed E-state index contributed by atoms with van der Waals surface area (Å²) < 4.78 is 0. The van der Waals surface area contributed by atoms with E-state index in [2.05, 4.69) is 18.7 Å². The number of allylic oxidation sites excluding steroid dienone is 1. The SMILES string of the molecule is C=CCc1c(C)cc(/C(N)=N/O)c(C)c1C. The van der Waals surface area contributed by atoms with Gasteiger partial charge in [-0.3, -0.25) is 0 Å². The standard InChI is InChI=1S/C13H18N2O/c1-5-6-11-8(2)7-12(13(14)15-16)10(4)9(11)3/h5,7,16H,1,6H2,2-4H3,(H2,14,15). The lowest BCUT2D eigenvalue weighted by Crippen LogP contribution is -2.16. The summed E-state index contributed by atoms with van der Waals surface area (Å²) in [7, 11) is 0. The fourth-order valence-electron chi connectivity index (χ4n) is 1.91. The van der Waals surface area contributed by atoms with Crippen molar-refractivity contribution in [1.29, 1.82) is 0 Å². The lowest BCUT2D eigenvalue weighted by atomic mass is 9.91. The molecule has 0 heterocycles. The van der Waals surface area contributed by atoms with Crippen LogP contribution in [0.3, 0.4) is 0 Å². The van der Waals surface area contributed by atoms with Gasteiger partial charge in [-0.15, -0.1) is 6.58 Å². The second kappa shape index (κ2) is 4.84. The molecule has 1 aromatic carbocycles. The van der Waals surface area contributed by atoms with Crippen molar-refractivity contribution in [2.45, 2.75) is 27.2 Å². The van der Waals surface area contributed by atoms with Crippen LogP contribution in [0.25, 0.3) is 0 Å². The van der Waals surface area contributed by atoms with Crippen molar-refractivity contribution in [2.75, 3.05) is 0 Å². The molecule has 0 atom stereocenters. The topological polar surface area (TPSA) is 58.6 Å². The van der Waals surface area contributed by atoms with Crippen LogP contribution >= 0.6 is 0 Å². The summed E-state index contributed by atoms with van der Waals surface area (Å²) in [6.45, 7) is 9.81. The van der Waals surface area contributed by atoms with E-state index in [1.807, 2.05) is 26.0 Å². The molecule has 16 heavy (non-hydrogen) atoms. The molecule has 0 aliphatic carbocycles. The van der Waals surface area contributed by atoms with Gasteiger partial charge in [0, 0.05) is 5.56 Å². The van der Waals surface area contributed by atoms with E-state index in [1.165, 1.54) is 11.1 Å². The highest BCUT2D eigenvalue weighted by atomic mass is 16.4. The van der Waals surface area contributed by atoms with Crippen LogP contribution in [0.15, 0.2) is 23.9 Å². The Balaban J connectivity index is 3.44. The van der Waals surface area contributed by atoms with Gasteiger partial charge in [0.1, 0.15) is 0 Å². The first-order valence-electron chi connectivity index (χ1n) is 5.21. The van der Waals surface area contributed by atoms with Crippen LogP contribution in [0, 0.1) is 20.8 Å². The quantitative estimate of drug-likeness (QED) is 0.269. The third kappa shape index (κ3) is 2.08. The normalized spacial score (nSPS) is 11.6. The molecule has 0 fully saturated rings. The summed E-state index contributed by atoms with van der Waals surface area (Å²) in [4.78, 5) is 0. The zero-order valence-corrected chi connectivity index (χ0v) is 10.0. The van der Waals surface area contributed by atoms with Gasteiger partial charge in [-0.2, -0.15) is 0 Å². The molecular weight excluding hydrogens is 200 g/mol. The van der Waals surface area contributed by atoms with Crippen LogP contribution in [0.5, 0.6) is 0 Å². The highest BCUT2D eigenvalue weighted by Crippen LogP contribution is 2.22. The van der Waals surface area contributed by atoms with E-state index in [4.69, 9.17) is 10.9 Å². The van der Waals surface area contributed by atoms with Crippen molar-refractivity contribution in [3.8, 4) is 0 Å². The molecule has 0 bridgehead atoms. The smallest absolute Gasteiger partial charge is 0.170 e.